The summed E-state index contributed by atoms with van der Waals surface area (Å²) in [5, 5.41) is 3.58. The van der Waals surface area contributed by atoms with Gasteiger partial charge in [-0.05, 0) is 6.92 Å². The molecule has 0 saturated heterocycles. The minimum Gasteiger partial charge on any atom is -0.301 e. The zero-order valence-electron chi connectivity index (χ0n) is 5.75. The molecule has 0 aromatic heterocycles. The second-order valence-electron chi connectivity index (χ2n) is 1.59. The highest BCUT2D eigenvalue weighted by Crippen LogP contribution is 1.99. The Kier molecular flexibility index (Phi) is 6.84. The molecule has 0 spiro atoms. The second-order valence-corrected chi connectivity index (χ2v) is 2.29. The van der Waals surface area contributed by atoms with Gasteiger partial charge in [-0.3, -0.25) is 0 Å². The van der Waals surface area contributed by atoms with Crippen molar-refractivity contribution in [2.24, 2.45) is 0 Å². The molecule has 0 aromatic carbocycles. The van der Waals surface area contributed by atoms with Crippen molar-refractivity contribution in [1.82, 2.24) is 5.32 Å². The third kappa shape index (κ3) is 5.97. The summed E-state index contributed by atoms with van der Waals surface area (Å²) in [6, 6.07) is 0. The van der Waals surface area contributed by atoms with E-state index in [1.807, 2.05) is 0 Å². The molecule has 0 aliphatic heterocycles. The van der Waals surface area contributed by atoms with E-state index in [9.17, 15) is 0 Å². The summed E-state index contributed by atoms with van der Waals surface area (Å²) in [6.45, 7) is 3.03. The first-order valence-corrected chi connectivity index (χ1v) is 3.67. The Labute approximate surface area is 71.4 Å². The third-order valence-electron chi connectivity index (χ3n) is 0.802. The highest BCUT2D eigenvalue weighted by atomic mass is 35.5. The average Bonchev–Trinajstić information content (AvgIpc) is 1.98. The van der Waals surface area contributed by atoms with E-state index in [0.717, 1.165) is 0 Å². The molecule has 0 heterocycles. The normalized spacial score (nSPS) is 10.5. The molecule has 3 heteroatoms. The molecule has 0 bridgehead atoms. The fraction of sp³-hybridized carbons (Fsp3) is 0.429. The van der Waals surface area contributed by atoms with Crippen LogP contribution in [0, 0.1) is 11.8 Å². The van der Waals surface area contributed by atoms with E-state index in [1.54, 1.807) is 6.92 Å². The molecule has 1 nitrogen and oxygen atoms in total. The summed E-state index contributed by atoms with van der Waals surface area (Å²) < 4.78 is 0. The van der Waals surface area contributed by atoms with Crippen LogP contribution in [0.5, 0.6) is 0 Å². The Morgan fingerprint density at radius 2 is 2.40 bits per heavy atom. The van der Waals surface area contributed by atoms with Crippen molar-refractivity contribution >= 4 is 23.2 Å². The minimum absolute atomic E-state index is 0.583. The molecule has 0 aliphatic rings. The van der Waals surface area contributed by atoms with Crippen LogP contribution in [0.15, 0.2) is 10.6 Å². The summed E-state index contributed by atoms with van der Waals surface area (Å²) in [7, 11) is 0. The first kappa shape index (κ1) is 9.84. The zero-order valence-corrected chi connectivity index (χ0v) is 7.26. The van der Waals surface area contributed by atoms with Crippen molar-refractivity contribution in [3.8, 4) is 11.8 Å². The number of halogens is 2. The summed E-state index contributed by atoms with van der Waals surface area (Å²) in [5.41, 5.74) is 1.34. The van der Waals surface area contributed by atoms with Gasteiger partial charge in [0.05, 0.1) is 6.54 Å². The smallest absolute Gasteiger partial charge is 0.0579 e. The Balaban J connectivity index is 3.26. The van der Waals surface area contributed by atoms with E-state index in [4.69, 9.17) is 23.2 Å². The van der Waals surface area contributed by atoms with E-state index in [0.29, 0.717) is 18.1 Å². The van der Waals surface area contributed by atoms with Crippen LogP contribution in [0.4, 0.5) is 0 Å². The van der Waals surface area contributed by atoms with Gasteiger partial charge in [-0.25, -0.2) is 0 Å². The minimum atomic E-state index is 0.583. The van der Waals surface area contributed by atoms with Crippen LogP contribution in [0.2, 0.25) is 0 Å². The molecule has 0 atom stereocenters. The van der Waals surface area contributed by atoms with Gasteiger partial charge in [-0.15, -0.1) is 5.92 Å². The fourth-order valence-corrected chi connectivity index (χ4v) is 0.543. The van der Waals surface area contributed by atoms with Crippen molar-refractivity contribution in [3.05, 3.63) is 10.6 Å². The predicted octanol–water partition coefficient (Wildman–Crippen LogP) is 1.92. The SMILES string of the molecule is CC#CCNCC(Cl)=CCl. The third-order valence-corrected chi connectivity index (χ3v) is 1.42. The molecule has 0 aliphatic carbocycles. The summed E-state index contributed by atoms with van der Waals surface area (Å²) >= 11 is 10.9. The van der Waals surface area contributed by atoms with Crippen LogP contribution in [0.1, 0.15) is 6.92 Å². The van der Waals surface area contributed by atoms with Crippen molar-refractivity contribution < 1.29 is 0 Å². The molecular weight excluding hydrogens is 169 g/mol. The maximum Gasteiger partial charge on any atom is 0.0579 e. The van der Waals surface area contributed by atoms with Gasteiger partial charge in [0.2, 0.25) is 0 Å². The van der Waals surface area contributed by atoms with E-state index in [1.165, 1.54) is 5.54 Å². The predicted molar refractivity (Wildman–Crippen MR) is 46.1 cm³/mol. The van der Waals surface area contributed by atoms with Crippen LogP contribution >= 0.6 is 23.2 Å². The molecule has 1 N–H and O–H groups in total. The largest absolute Gasteiger partial charge is 0.301 e. The lowest BCUT2D eigenvalue weighted by atomic mass is 10.5. The fourth-order valence-electron chi connectivity index (χ4n) is 0.371. The molecule has 0 aromatic rings. The van der Waals surface area contributed by atoms with Gasteiger partial charge in [0.25, 0.3) is 0 Å². The van der Waals surface area contributed by atoms with E-state index in [-0.39, 0.29) is 0 Å². The maximum absolute atomic E-state index is 5.56. The number of hydrogen-bond donors (Lipinski definition) is 1. The lowest BCUT2D eigenvalue weighted by Crippen LogP contribution is -2.15. The van der Waals surface area contributed by atoms with Crippen LogP contribution < -0.4 is 5.32 Å². The molecule has 10 heavy (non-hydrogen) atoms. The topological polar surface area (TPSA) is 12.0 Å². The Morgan fingerprint density at radius 3 is 2.90 bits per heavy atom. The van der Waals surface area contributed by atoms with Crippen LogP contribution in [0.25, 0.3) is 0 Å². The Bertz CT molecular complexity index is 164. The van der Waals surface area contributed by atoms with Gasteiger partial charge in [0.15, 0.2) is 0 Å². The summed E-state index contributed by atoms with van der Waals surface area (Å²) in [5.74, 6) is 5.59. The number of hydrogen-bond acceptors (Lipinski definition) is 1. The van der Waals surface area contributed by atoms with Gasteiger partial charge in [0.1, 0.15) is 0 Å². The van der Waals surface area contributed by atoms with Gasteiger partial charge in [-0.2, -0.15) is 0 Å². The first-order chi connectivity index (χ1) is 4.81. The van der Waals surface area contributed by atoms with Crippen LogP contribution in [-0.4, -0.2) is 13.1 Å². The summed E-state index contributed by atoms with van der Waals surface area (Å²) in [4.78, 5) is 0. The van der Waals surface area contributed by atoms with Crippen molar-refractivity contribution in [2.45, 2.75) is 6.92 Å². The number of nitrogens with one attached hydrogen (secondary N) is 1. The molecule has 0 fully saturated rings. The average molecular weight is 178 g/mol. The Morgan fingerprint density at radius 1 is 1.70 bits per heavy atom. The molecule has 0 saturated carbocycles. The first-order valence-electron chi connectivity index (χ1n) is 2.86. The monoisotopic (exact) mass is 177 g/mol. The molecule has 0 amide bonds. The van der Waals surface area contributed by atoms with Gasteiger partial charge >= 0.3 is 0 Å². The molecule has 0 rings (SSSR count). The Hall–Kier alpha value is -0.160. The molecule has 0 unspecified atom stereocenters. The van der Waals surface area contributed by atoms with E-state index >= 15 is 0 Å². The second kappa shape index (κ2) is 6.95. The highest BCUT2D eigenvalue weighted by Gasteiger charge is 1.86. The van der Waals surface area contributed by atoms with Crippen molar-refractivity contribution in [2.75, 3.05) is 13.1 Å². The highest BCUT2D eigenvalue weighted by molar-refractivity contribution is 6.36. The number of rotatable bonds is 3. The lowest BCUT2D eigenvalue weighted by molar-refractivity contribution is 0.849. The molecular formula is C7H9Cl2N. The van der Waals surface area contributed by atoms with Gasteiger partial charge < -0.3 is 5.32 Å². The summed E-state index contributed by atoms with van der Waals surface area (Å²) in [6.07, 6.45) is 0. The maximum atomic E-state index is 5.56. The van der Waals surface area contributed by atoms with E-state index in [2.05, 4.69) is 17.2 Å². The molecule has 56 valence electrons. The van der Waals surface area contributed by atoms with E-state index < -0.39 is 0 Å². The molecule has 0 radical (unpaired) electrons. The quantitative estimate of drug-likeness (QED) is 0.514. The zero-order chi connectivity index (χ0) is 7.82. The van der Waals surface area contributed by atoms with Gasteiger partial charge in [-0.1, -0.05) is 29.1 Å². The lowest BCUT2D eigenvalue weighted by Gasteiger charge is -1.95. The van der Waals surface area contributed by atoms with Crippen LogP contribution in [0.3, 0.4) is 0 Å². The standard InChI is InChI=1S/C7H9Cl2N/c1-2-3-4-10-6-7(9)5-8/h5,10H,4,6H2,1H3. The van der Waals surface area contributed by atoms with Gasteiger partial charge in [0, 0.05) is 17.1 Å². The van der Waals surface area contributed by atoms with Crippen molar-refractivity contribution in [3.63, 3.8) is 0 Å². The van der Waals surface area contributed by atoms with Crippen LogP contribution in [-0.2, 0) is 0 Å². The van der Waals surface area contributed by atoms with Crippen molar-refractivity contribution in [1.29, 1.82) is 0 Å².